The van der Waals surface area contributed by atoms with Crippen molar-refractivity contribution in [3.63, 3.8) is 0 Å². The summed E-state index contributed by atoms with van der Waals surface area (Å²) in [4.78, 5) is 10.2. The molecule has 0 bridgehead atoms. The summed E-state index contributed by atoms with van der Waals surface area (Å²) in [6.45, 7) is 3.73. The number of aromatic nitrogens is 4. The first kappa shape index (κ1) is 13.7. The van der Waals surface area contributed by atoms with E-state index in [1.54, 1.807) is 4.52 Å². The van der Waals surface area contributed by atoms with Crippen molar-refractivity contribution in [2.24, 2.45) is 0 Å². The lowest BCUT2D eigenvalue weighted by molar-refractivity contribution is 0.592. The Kier molecular flexibility index (Phi) is 3.44. The summed E-state index contributed by atoms with van der Waals surface area (Å²) in [5, 5.41) is 4.11. The minimum atomic E-state index is -3.03. The summed E-state index contributed by atoms with van der Waals surface area (Å²) in [5.41, 5.74) is 0.814. The number of hydrogen-bond acceptors (Lipinski definition) is 6. The molecule has 8 heteroatoms. The van der Waals surface area contributed by atoms with E-state index >= 15 is 0 Å². The van der Waals surface area contributed by atoms with Crippen LogP contribution in [0.15, 0.2) is 12.4 Å². The van der Waals surface area contributed by atoms with E-state index in [1.165, 1.54) is 12.6 Å². The van der Waals surface area contributed by atoms with Gasteiger partial charge in [-0.1, -0.05) is 0 Å². The van der Waals surface area contributed by atoms with E-state index in [0.717, 1.165) is 11.5 Å². The van der Waals surface area contributed by atoms with E-state index in [-0.39, 0.29) is 11.8 Å². The van der Waals surface area contributed by atoms with Gasteiger partial charge in [0.05, 0.1) is 5.75 Å². The van der Waals surface area contributed by atoms with E-state index in [2.05, 4.69) is 15.1 Å². The minimum Gasteiger partial charge on any atom is -0.356 e. The van der Waals surface area contributed by atoms with Crippen molar-refractivity contribution in [3.05, 3.63) is 18.1 Å². The third-order valence-electron chi connectivity index (χ3n) is 2.93. The number of hydrogen-bond donors (Lipinski definition) is 0. The third kappa shape index (κ3) is 3.01. The lowest BCUT2D eigenvalue weighted by atomic mass is 10.3. The fraction of sp³-hybridized carbons (Fsp3) is 0.545. The molecule has 0 radical (unpaired) electrons. The normalized spacial score (nSPS) is 13.7. The maximum absolute atomic E-state index is 11.4. The van der Waals surface area contributed by atoms with Crippen LogP contribution >= 0.6 is 0 Å². The molecular weight excluding hydrogens is 266 g/mol. The van der Waals surface area contributed by atoms with Crippen molar-refractivity contribution < 1.29 is 8.42 Å². The standard InChI is InChI=1S/C11H17N5O2S/c1-8-5-10(16-11(14-8)12-7-13-16)15(3)9(2)6-19(4,17)18/h5,7,9H,6H2,1-4H3. The van der Waals surface area contributed by atoms with Crippen molar-refractivity contribution in [3.8, 4) is 0 Å². The molecular formula is C11H17N5O2S. The van der Waals surface area contributed by atoms with Crippen LogP contribution in [0.4, 0.5) is 5.82 Å². The van der Waals surface area contributed by atoms with Gasteiger partial charge in [-0.25, -0.2) is 13.4 Å². The highest BCUT2D eigenvalue weighted by Crippen LogP contribution is 2.17. The van der Waals surface area contributed by atoms with Gasteiger partial charge in [0.1, 0.15) is 22.0 Å². The number of rotatable bonds is 4. The molecule has 0 aliphatic heterocycles. The summed E-state index contributed by atoms with van der Waals surface area (Å²) in [7, 11) is -1.19. The highest BCUT2D eigenvalue weighted by Gasteiger charge is 2.18. The van der Waals surface area contributed by atoms with Gasteiger partial charge in [0, 0.05) is 31.1 Å². The summed E-state index contributed by atoms with van der Waals surface area (Å²) in [6.07, 6.45) is 2.67. The average Bonchev–Trinajstić information content (AvgIpc) is 2.72. The van der Waals surface area contributed by atoms with Gasteiger partial charge < -0.3 is 4.90 Å². The number of fused-ring (bicyclic) bond motifs is 1. The Balaban J connectivity index is 2.40. The topological polar surface area (TPSA) is 80.5 Å². The minimum absolute atomic E-state index is 0.0844. The summed E-state index contributed by atoms with van der Waals surface area (Å²) in [5.74, 6) is 1.37. The first-order valence-corrected chi connectivity index (χ1v) is 7.92. The molecule has 19 heavy (non-hydrogen) atoms. The van der Waals surface area contributed by atoms with Gasteiger partial charge in [-0.15, -0.1) is 0 Å². The van der Waals surface area contributed by atoms with Gasteiger partial charge in [-0.3, -0.25) is 0 Å². The molecule has 0 aliphatic carbocycles. The van der Waals surface area contributed by atoms with Crippen LogP contribution in [0.25, 0.3) is 5.78 Å². The molecule has 0 spiro atoms. The van der Waals surface area contributed by atoms with Crippen molar-refractivity contribution >= 4 is 21.4 Å². The van der Waals surface area contributed by atoms with E-state index in [4.69, 9.17) is 0 Å². The zero-order chi connectivity index (χ0) is 14.2. The van der Waals surface area contributed by atoms with Gasteiger partial charge in [0.15, 0.2) is 0 Å². The molecule has 0 saturated carbocycles. The lowest BCUT2D eigenvalue weighted by Crippen LogP contribution is -2.36. The molecule has 1 unspecified atom stereocenters. The highest BCUT2D eigenvalue weighted by molar-refractivity contribution is 7.90. The van der Waals surface area contributed by atoms with Gasteiger partial charge >= 0.3 is 0 Å². The molecule has 2 aromatic heterocycles. The first-order valence-electron chi connectivity index (χ1n) is 5.86. The summed E-state index contributed by atoms with van der Waals surface area (Å²) in [6, 6.07) is 1.70. The van der Waals surface area contributed by atoms with Crippen LogP contribution in [-0.2, 0) is 9.84 Å². The molecule has 0 aliphatic rings. The van der Waals surface area contributed by atoms with Crippen LogP contribution in [0, 0.1) is 6.92 Å². The predicted octanol–water partition coefficient (Wildman–Crippen LogP) is 0.302. The Morgan fingerprint density at radius 3 is 2.79 bits per heavy atom. The van der Waals surface area contributed by atoms with Gasteiger partial charge in [0.25, 0.3) is 5.78 Å². The maximum atomic E-state index is 11.4. The van der Waals surface area contributed by atoms with E-state index in [1.807, 2.05) is 31.9 Å². The molecule has 0 saturated heterocycles. The quantitative estimate of drug-likeness (QED) is 0.803. The van der Waals surface area contributed by atoms with Crippen LogP contribution in [0.5, 0.6) is 0 Å². The molecule has 104 valence electrons. The Hall–Kier alpha value is -1.70. The smallest absolute Gasteiger partial charge is 0.254 e. The Morgan fingerprint density at radius 2 is 2.16 bits per heavy atom. The van der Waals surface area contributed by atoms with Gasteiger partial charge in [-0.2, -0.15) is 14.6 Å². The van der Waals surface area contributed by atoms with Crippen molar-refractivity contribution in [2.45, 2.75) is 19.9 Å². The fourth-order valence-corrected chi connectivity index (χ4v) is 3.04. The summed E-state index contributed by atoms with van der Waals surface area (Å²) < 4.78 is 24.4. The van der Waals surface area contributed by atoms with Crippen LogP contribution in [0.3, 0.4) is 0 Å². The average molecular weight is 283 g/mol. The first-order chi connectivity index (χ1) is 8.78. The van der Waals surface area contributed by atoms with E-state index in [9.17, 15) is 8.42 Å². The number of sulfone groups is 1. The Labute approximate surface area is 112 Å². The monoisotopic (exact) mass is 283 g/mol. The predicted molar refractivity (Wildman–Crippen MR) is 73.1 cm³/mol. The second kappa shape index (κ2) is 4.76. The number of nitrogens with zero attached hydrogens (tertiary/aromatic N) is 5. The molecule has 2 aromatic rings. The number of anilines is 1. The molecule has 1 atom stereocenters. The fourth-order valence-electron chi connectivity index (χ4n) is 1.94. The molecule has 0 aromatic carbocycles. The van der Waals surface area contributed by atoms with Crippen LogP contribution in [-0.4, -0.2) is 53.1 Å². The number of aryl methyl sites for hydroxylation is 1. The van der Waals surface area contributed by atoms with E-state index in [0.29, 0.717) is 5.78 Å². The molecule has 0 amide bonds. The Morgan fingerprint density at radius 1 is 1.47 bits per heavy atom. The van der Waals surface area contributed by atoms with Gasteiger partial charge in [0.2, 0.25) is 0 Å². The maximum Gasteiger partial charge on any atom is 0.254 e. The molecule has 2 rings (SSSR count). The second-order valence-electron chi connectivity index (χ2n) is 4.78. The van der Waals surface area contributed by atoms with E-state index < -0.39 is 9.84 Å². The SMILES string of the molecule is Cc1cc(N(C)C(C)CS(C)(=O)=O)n2ncnc2n1. The summed E-state index contributed by atoms with van der Waals surface area (Å²) >= 11 is 0. The Bertz CT molecular complexity index is 694. The van der Waals surface area contributed by atoms with Crippen molar-refractivity contribution in [1.29, 1.82) is 0 Å². The third-order valence-corrected chi connectivity index (χ3v) is 4.02. The highest BCUT2D eigenvalue weighted by atomic mass is 32.2. The molecule has 0 N–H and O–H groups in total. The van der Waals surface area contributed by atoms with Crippen molar-refractivity contribution in [1.82, 2.24) is 19.6 Å². The zero-order valence-electron chi connectivity index (χ0n) is 11.4. The second-order valence-corrected chi connectivity index (χ2v) is 6.96. The molecule has 7 nitrogen and oxygen atoms in total. The van der Waals surface area contributed by atoms with Crippen LogP contribution < -0.4 is 4.90 Å². The van der Waals surface area contributed by atoms with Crippen molar-refractivity contribution in [2.75, 3.05) is 24.0 Å². The van der Waals surface area contributed by atoms with Crippen LogP contribution in [0.2, 0.25) is 0 Å². The molecule has 2 heterocycles. The van der Waals surface area contributed by atoms with Crippen LogP contribution in [0.1, 0.15) is 12.6 Å². The van der Waals surface area contributed by atoms with Gasteiger partial charge in [-0.05, 0) is 13.8 Å². The largest absolute Gasteiger partial charge is 0.356 e. The molecule has 0 fully saturated rings. The lowest BCUT2D eigenvalue weighted by Gasteiger charge is -2.26. The zero-order valence-corrected chi connectivity index (χ0v) is 12.2.